The van der Waals surface area contributed by atoms with Crippen molar-refractivity contribution in [2.45, 2.75) is 18.9 Å². The van der Waals surface area contributed by atoms with Gasteiger partial charge in [-0.15, -0.1) is 12.4 Å². The highest BCUT2D eigenvalue weighted by Gasteiger charge is 2.16. The maximum Gasteiger partial charge on any atom is 0.0300 e. The van der Waals surface area contributed by atoms with Crippen LogP contribution in [0.4, 0.5) is 0 Å². The molecule has 2 heteroatoms. The van der Waals surface area contributed by atoms with Crippen LogP contribution >= 0.6 is 12.4 Å². The summed E-state index contributed by atoms with van der Waals surface area (Å²) in [6.45, 7) is 0. The largest absolute Gasteiger partial charge is 0.324 e. The summed E-state index contributed by atoms with van der Waals surface area (Å²) in [5, 5.41) is 0. The molecule has 0 saturated carbocycles. The van der Waals surface area contributed by atoms with E-state index in [0.29, 0.717) is 6.04 Å². The molecule has 2 rings (SSSR count). The number of aryl methyl sites for hydroxylation is 1. The SMILES string of the molecule is Cl.N[C@H]1CCc2ccccc21. The minimum atomic E-state index is 0. The van der Waals surface area contributed by atoms with Gasteiger partial charge in [-0.1, -0.05) is 24.3 Å². The first-order valence-electron chi connectivity index (χ1n) is 3.71. The summed E-state index contributed by atoms with van der Waals surface area (Å²) in [5.74, 6) is 0. The maximum atomic E-state index is 5.85. The number of hydrogen-bond acceptors (Lipinski definition) is 1. The second kappa shape index (κ2) is 3.24. The normalized spacial score (nSPS) is 20.6. The summed E-state index contributed by atoms with van der Waals surface area (Å²) in [6, 6.07) is 8.74. The molecule has 0 aromatic heterocycles. The van der Waals surface area contributed by atoms with Gasteiger partial charge >= 0.3 is 0 Å². The zero-order valence-electron chi connectivity index (χ0n) is 6.29. The van der Waals surface area contributed by atoms with Gasteiger partial charge in [-0.05, 0) is 24.0 Å². The minimum absolute atomic E-state index is 0. The molecule has 2 N–H and O–H groups in total. The van der Waals surface area contributed by atoms with Gasteiger partial charge in [0.2, 0.25) is 0 Å². The Bertz CT molecular complexity index is 247. The zero-order chi connectivity index (χ0) is 6.97. The second-order valence-corrected chi connectivity index (χ2v) is 2.84. The third-order valence-electron chi connectivity index (χ3n) is 2.18. The van der Waals surface area contributed by atoms with Gasteiger partial charge in [-0.2, -0.15) is 0 Å². The van der Waals surface area contributed by atoms with E-state index in [4.69, 9.17) is 5.73 Å². The molecule has 1 aromatic rings. The molecule has 0 radical (unpaired) electrons. The van der Waals surface area contributed by atoms with E-state index in [9.17, 15) is 0 Å². The highest BCUT2D eigenvalue weighted by Crippen LogP contribution is 2.28. The van der Waals surface area contributed by atoms with E-state index in [1.807, 2.05) is 0 Å². The number of benzene rings is 1. The quantitative estimate of drug-likeness (QED) is 0.632. The van der Waals surface area contributed by atoms with Crippen molar-refractivity contribution in [2.24, 2.45) is 5.73 Å². The van der Waals surface area contributed by atoms with Crippen molar-refractivity contribution in [3.8, 4) is 0 Å². The molecule has 0 bridgehead atoms. The summed E-state index contributed by atoms with van der Waals surface area (Å²) < 4.78 is 0. The van der Waals surface area contributed by atoms with E-state index in [2.05, 4.69) is 24.3 Å². The van der Waals surface area contributed by atoms with Gasteiger partial charge in [0.05, 0.1) is 0 Å². The molecule has 0 fully saturated rings. The van der Waals surface area contributed by atoms with Crippen molar-refractivity contribution in [2.75, 3.05) is 0 Å². The van der Waals surface area contributed by atoms with Crippen LogP contribution in [-0.4, -0.2) is 0 Å². The van der Waals surface area contributed by atoms with Gasteiger partial charge in [-0.3, -0.25) is 0 Å². The molecule has 0 saturated heterocycles. The summed E-state index contributed by atoms with van der Waals surface area (Å²) in [6.07, 6.45) is 2.29. The molecule has 0 spiro atoms. The molecule has 1 aliphatic carbocycles. The predicted molar refractivity (Wildman–Crippen MR) is 48.9 cm³/mol. The lowest BCUT2D eigenvalue weighted by atomic mass is 10.1. The van der Waals surface area contributed by atoms with Crippen LogP contribution < -0.4 is 5.73 Å². The standard InChI is InChI=1S/C9H11N.ClH/c10-9-6-5-7-3-1-2-4-8(7)9;/h1-4,9H,5-6,10H2;1H/t9-;/m0./s1. The fraction of sp³-hybridized carbons (Fsp3) is 0.333. The van der Waals surface area contributed by atoms with Gasteiger partial charge in [0.25, 0.3) is 0 Å². The monoisotopic (exact) mass is 169 g/mol. The van der Waals surface area contributed by atoms with Crippen LogP contribution in [0.2, 0.25) is 0 Å². The average molecular weight is 170 g/mol. The Morgan fingerprint density at radius 1 is 1.27 bits per heavy atom. The van der Waals surface area contributed by atoms with Gasteiger partial charge in [-0.25, -0.2) is 0 Å². The Labute approximate surface area is 73.0 Å². The van der Waals surface area contributed by atoms with E-state index in [0.717, 1.165) is 12.8 Å². The molecule has 0 heterocycles. The molecule has 1 aliphatic rings. The third kappa shape index (κ3) is 1.39. The van der Waals surface area contributed by atoms with Crippen molar-refractivity contribution in [1.29, 1.82) is 0 Å². The fourth-order valence-electron chi connectivity index (χ4n) is 1.59. The summed E-state index contributed by atoms with van der Waals surface area (Å²) in [5.41, 5.74) is 8.64. The van der Waals surface area contributed by atoms with Crippen molar-refractivity contribution in [1.82, 2.24) is 0 Å². The van der Waals surface area contributed by atoms with Gasteiger partial charge in [0.1, 0.15) is 0 Å². The molecule has 0 unspecified atom stereocenters. The van der Waals surface area contributed by atoms with E-state index >= 15 is 0 Å². The van der Waals surface area contributed by atoms with E-state index in [1.54, 1.807) is 0 Å². The number of hydrogen-bond donors (Lipinski definition) is 1. The summed E-state index contributed by atoms with van der Waals surface area (Å²) in [7, 11) is 0. The lowest BCUT2D eigenvalue weighted by molar-refractivity contribution is 0.713. The van der Waals surface area contributed by atoms with Crippen LogP contribution in [0.1, 0.15) is 23.6 Å². The van der Waals surface area contributed by atoms with Crippen LogP contribution in [0.15, 0.2) is 24.3 Å². The number of rotatable bonds is 0. The highest BCUT2D eigenvalue weighted by molar-refractivity contribution is 5.85. The number of halogens is 1. The van der Waals surface area contributed by atoms with Crippen LogP contribution in [0.5, 0.6) is 0 Å². The summed E-state index contributed by atoms with van der Waals surface area (Å²) >= 11 is 0. The van der Waals surface area contributed by atoms with E-state index in [-0.39, 0.29) is 12.4 Å². The third-order valence-corrected chi connectivity index (χ3v) is 2.18. The molecule has 1 nitrogen and oxygen atoms in total. The van der Waals surface area contributed by atoms with Crippen LogP contribution in [0.3, 0.4) is 0 Å². The Kier molecular flexibility index (Phi) is 2.53. The van der Waals surface area contributed by atoms with Crippen molar-refractivity contribution >= 4 is 12.4 Å². The van der Waals surface area contributed by atoms with Crippen molar-refractivity contribution < 1.29 is 0 Å². The van der Waals surface area contributed by atoms with Gasteiger partial charge in [0, 0.05) is 6.04 Å². The van der Waals surface area contributed by atoms with Crippen molar-refractivity contribution in [3.63, 3.8) is 0 Å². The molecule has 60 valence electrons. The predicted octanol–water partition coefficient (Wildman–Crippen LogP) is 2.05. The molecular formula is C9H12ClN. The molecular weight excluding hydrogens is 158 g/mol. The van der Waals surface area contributed by atoms with Gasteiger partial charge < -0.3 is 5.73 Å². The van der Waals surface area contributed by atoms with Gasteiger partial charge in [0.15, 0.2) is 0 Å². The average Bonchev–Trinajstić information content (AvgIpc) is 2.34. The van der Waals surface area contributed by atoms with Crippen LogP contribution in [0, 0.1) is 0 Å². The molecule has 1 aromatic carbocycles. The maximum absolute atomic E-state index is 5.85. The topological polar surface area (TPSA) is 26.0 Å². The summed E-state index contributed by atoms with van der Waals surface area (Å²) in [4.78, 5) is 0. The second-order valence-electron chi connectivity index (χ2n) is 2.84. The molecule has 11 heavy (non-hydrogen) atoms. The molecule has 0 aliphatic heterocycles. The lowest BCUT2D eigenvalue weighted by Gasteiger charge is -2.01. The highest BCUT2D eigenvalue weighted by atomic mass is 35.5. The minimum Gasteiger partial charge on any atom is -0.324 e. The fourth-order valence-corrected chi connectivity index (χ4v) is 1.59. The van der Waals surface area contributed by atoms with Crippen molar-refractivity contribution in [3.05, 3.63) is 35.4 Å². The first-order chi connectivity index (χ1) is 4.88. The Balaban J connectivity index is 0.000000605. The van der Waals surface area contributed by atoms with E-state index in [1.165, 1.54) is 11.1 Å². The van der Waals surface area contributed by atoms with Crippen LogP contribution in [0.25, 0.3) is 0 Å². The van der Waals surface area contributed by atoms with Crippen LogP contribution in [-0.2, 0) is 6.42 Å². The lowest BCUT2D eigenvalue weighted by Crippen LogP contribution is -2.04. The first-order valence-corrected chi connectivity index (χ1v) is 3.71. The zero-order valence-corrected chi connectivity index (χ0v) is 7.10. The van der Waals surface area contributed by atoms with E-state index < -0.39 is 0 Å². The number of fused-ring (bicyclic) bond motifs is 1. The number of nitrogens with two attached hydrogens (primary N) is 1. The smallest absolute Gasteiger partial charge is 0.0300 e. The Hall–Kier alpha value is -0.530. The Morgan fingerprint density at radius 2 is 2.00 bits per heavy atom. The first kappa shape index (κ1) is 8.57. The Morgan fingerprint density at radius 3 is 2.73 bits per heavy atom. The molecule has 1 atom stereocenters. The molecule has 0 amide bonds.